The van der Waals surface area contributed by atoms with Crippen molar-refractivity contribution in [3.05, 3.63) is 58.4 Å². The van der Waals surface area contributed by atoms with Gasteiger partial charge in [0.25, 0.3) is 0 Å². The molecule has 0 aliphatic rings. The number of Topliss-reactive ketones (excluding diaryl/α,β-unsaturated/α-hetero) is 1. The fraction of sp³-hybridized carbons (Fsp3) is 0.188. The van der Waals surface area contributed by atoms with Gasteiger partial charge < -0.3 is 9.47 Å². The third-order valence-corrected chi connectivity index (χ3v) is 3.28. The molecule has 0 saturated heterocycles. The molecule has 3 nitrogen and oxygen atoms in total. The van der Waals surface area contributed by atoms with Crippen molar-refractivity contribution in [1.82, 2.24) is 0 Å². The molecule has 110 valence electrons. The van der Waals surface area contributed by atoms with E-state index in [1.54, 1.807) is 24.3 Å². The third-order valence-electron chi connectivity index (χ3n) is 3.04. The van der Waals surface area contributed by atoms with Crippen molar-refractivity contribution >= 4 is 17.4 Å². The van der Waals surface area contributed by atoms with Crippen LogP contribution in [0.4, 0.5) is 4.39 Å². The SMILES string of the molecule is COc1ccc(CC(=O)c2ccc(Cl)cc2OC)cc1F. The van der Waals surface area contributed by atoms with Crippen molar-refractivity contribution in [2.24, 2.45) is 0 Å². The van der Waals surface area contributed by atoms with E-state index in [-0.39, 0.29) is 18.0 Å². The van der Waals surface area contributed by atoms with Crippen molar-refractivity contribution < 1.29 is 18.7 Å². The summed E-state index contributed by atoms with van der Waals surface area (Å²) in [4.78, 5) is 12.3. The average Bonchev–Trinajstić information content (AvgIpc) is 2.47. The maximum Gasteiger partial charge on any atom is 0.170 e. The lowest BCUT2D eigenvalue weighted by molar-refractivity contribution is 0.0990. The van der Waals surface area contributed by atoms with Gasteiger partial charge in [0.2, 0.25) is 0 Å². The van der Waals surface area contributed by atoms with Crippen LogP contribution < -0.4 is 9.47 Å². The van der Waals surface area contributed by atoms with E-state index in [0.717, 1.165) is 0 Å². The van der Waals surface area contributed by atoms with Gasteiger partial charge in [0.1, 0.15) is 5.75 Å². The zero-order chi connectivity index (χ0) is 15.4. The van der Waals surface area contributed by atoms with Crippen LogP contribution in [0.2, 0.25) is 5.02 Å². The average molecular weight is 309 g/mol. The van der Waals surface area contributed by atoms with Crippen molar-refractivity contribution in [2.45, 2.75) is 6.42 Å². The normalized spacial score (nSPS) is 10.3. The summed E-state index contributed by atoms with van der Waals surface area (Å²) >= 11 is 5.86. The summed E-state index contributed by atoms with van der Waals surface area (Å²) in [5, 5.41) is 0.485. The number of hydrogen-bond acceptors (Lipinski definition) is 3. The number of rotatable bonds is 5. The van der Waals surface area contributed by atoms with Crippen LogP contribution in [-0.2, 0) is 6.42 Å². The lowest BCUT2D eigenvalue weighted by atomic mass is 10.0. The predicted octanol–water partition coefficient (Wildman–Crippen LogP) is 3.92. The number of carbonyl (C=O) groups excluding carboxylic acids is 1. The van der Waals surface area contributed by atoms with Crippen LogP contribution in [0.15, 0.2) is 36.4 Å². The smallest absolute Gasteiger partial charge is 0.170 e. The highest BCUT2D eigenvalue weighted by molar-refractivity contribution is 6.30. The first kappa shape index (κ1) is 15.3. The summed E-state index contributed by atoms with van der Waals surface area (Å²) in [6, 6.07) is 9.23. The summed E-state index contributed by atoms with van der Waals surface area (Å²) in [5.41, 5.74) is 0.980. The minimum Gasteiger partial charge on any atom is -0.496 e. The molecule has 0 radical (unpaired) electrons. The molecule has 0 N–H and O–H groups in total. The Morgan fingerprint density at radius 3 is 2.43 bits per heavy atom. The Hall–Kier alpha value is -2.07. The molecule has 0 atom stereocenters. The quantitative estimate of drug-likeness (QED) is 0.785. The van der Waals surface area contributed by atoms with Gasteiger partial charge >= 0.3 is 0 Å². The molecule has 0 heterocycles. The molecule has 2 aromatic rings. The molecule has 0 saturated carbocycles. The van der Waals surface area contributed by atoms with Crippen LogP contribution in [-0.4, -0.2) is 20.0 Å². The van der Waals surface area contributed by atoms with Crippen LogP contribution in [0, 0.1) is 5.82 Å². The maximum absolute atomic E-state index is 13.6. The van der Waals surface area contributed by atoms with Crippen LogP contribution in [0.5, 0.6) is 11.5 Å². The summed E-state index contributed by atoms with van der Waals surface area (Å²) in [6.07, 6.45) is 0.0684. The topological polar surface area (TPSA) is 35.5 Å². The molecule has 2 rings (SSSR count). The van der Waals surface area contributed by atoms with Gasteiger partial charge in [-0.3, -0.25) is 4.79 Å². The van der Waals surface area contributed by atoms with E-state index in [1.807, 2.05) is 0 Å². The largest absolute Gasteiger partial charge is 0.496 e. The Labute approximate surface area is 127 Å². The van der Waals surface area contributed by atoms with Crippen LogP contribution >= 0.6 is 11.6 Å². The molecule has 2 aromatic carbocycles. The number of ketones is 1. The molecule has 0 unspecified atom stereocenters. The second kappa shape index (κ2) is 6.59. The van der Waals surface area contributed by atoms with Crippen molar-refractivity contribution in [2.75, 3.05) is 14.2 Å². The molecule has 0 amide bonds. The molecule has 0 aliphatic carbocycles. The van der Waals surface area contributed by atoms with Gasteiger partial charge in [-0.2, -0.15) is 0 Å². The first-order chi connectivity index (χ1) is 10.0. The van der Waals surface area contributed by atoms with Gasteiger partial charge in [-0.05, 0) is 35.9 Å². The maximum atomic E-state index is 13.6. The van der Waals surface area contributed by atoms with E-state index in [0.29, 0.717) is 21.9 Å². The highest BCUT2D eigenvalue weighted by atomic mass is 35.5. The highest BCUT2D eigenvalue weighted by Gasteiger charge is 2.14. The van der Waals surface area contributed by atoms with E-state index in [1.165, 1.54) is 26.4 Å². The van der Waals surface area contributed by atoms with Crippen molar-refractivity contribution in [1.29, 1.82) is 0 Å². The summed E-state index contributed by atoms with van der Waals surface area (Å²) in [6.45, 7) is 0. The highest BCUT2D eigenvalue weighted by Crippen LogP contribution is 2.25. The summed E-state index contributed by atoms with van der Waals surface area (Å²) in [7, 11) is 2.86. The van der Waals surface area contributed by atoms with Gasteiger partial charge in [0.05, 0.1) is 19.8 Å². The molecule has 0 aromatic heterocycles. The summed E-state index contributed by atoms with van der Waals surface area (Å²) in [5.74, 6) is -0.115. The monoisotopic (exact) mass is 308 g/mol. The molecule has 0 aliphatic heterocycles. The number of hydrogen-bond donors (Lipinski definition) is 0. The minimum atomic E-state index is -0.495. The summed E-state index contributed by atoms with van der Waals surface area (Å²) < 4.78 is 23.6. The first-order valence-corrected chi connectivity index (χ1v) is 6.62. The van der Waals surface area contributed by atoms with Gasteiger partial charge in [-0.1, -0.05) is 17.7 Å². The zero-order valence-electron chi connectivity index (χ0n) is 11.7. The van der Waals surface area contributed by atoms with Crippen LogP contribution in [0.25, 0.3) is 0 Å². The van der Waals surface area contributed by atoms with Gasteiger partial charge in [-0.25, -0.2) is 4.39 Å². The third kappa shape index (κ3) is 3.52. The first-order valence-electron chi connectivity index (χ1n) is 6.24. The molecule has 5 heteroatoms. The number of benzene rings is 2. The van der Waals surface area contributed by atoms with Crippen LogP contribution in [0.1, 0.15) is 15.9 Å². The standard InChI is InChI=1S/C16H14ClFO3/c1-20-15-6-3-10(7-13(15)18)8-14(19)12-5-4-11(17)9-16(12)21-2/h3-7,9H,8H2,1-2H3. The number of ether oxygens (including phenoxy) is 2. The van der Waals surface area contributed by atoms with Crippen molar-refractivity contribution in [3.8, 4) is 11.5 Å². The Balaban J connectivity index is 2.24. The zero-order valence-corrected chi connectivity index (χ0v) is 12.4. The van der Waals surface area contributed by atoms with Gasteiger partial charge in [-0.15, -0.1) is 0 Å². The van der Waals surface area contributed by atoms with Gasteiger partial charge in [0, 0.05) is 11.4 Å². The number of halogens is 2. The predicted molar refractivity (Wildman–Crippen MR) is 79.0 cm³/mol. The molecule has 0 bridgehead atoms. The number of methoxy groups -OCH3 is 2. The fourth-order valence-electron chi connectivity index (χ4n) is 2.00. The molecular weight excluding hydrogens is 295 g/mol. The lowest BCUT2D eigenvalue weighted by Gasteiger charge is -2.09. The minimum absolute atomic E-state index is 0.0684. The van der Waals surface area contributed by atoms with E-state index >= 15 is 0 Å². The molecule has 0 spiro atoms. The number of carbonyl (C=O) groups is 1. The second-order valence-electron chi connectivity index (χ2n) is 4.41. The Bertz CT molecular complexity index is 671. The Morgan fingerprint density at radius 1 is 1.10 bits per heavy atom. The molecule has 0 fully saturated rings. The molecular formula is C16H14ClFO3. The van der Waals surface area contributed by atoms with E-state index in [2.05, 4.69) is 0 Å². The van der Waals surface area contributed by atoms with E-state index in [9.17, 15) is 9.18 Å². The van der Waals surface area contributed by atoms with E-state index < -0.39 is 5.82 Å². The molecule has 21 heavy (non-hydrogen) atoms. The van der Waals surface area contributed by atoms with Crippen molar-refractivity contribution in [3.63, 3.8) is 0 Å². The van der Waals surface area contributed by atoms with E-state index in [4.69, 9.17) is 21.1 Å². The van der Waals surface area contributed by atoms with Crippen LogP contribution in [0.3, 0.4) is 0 Å². The Morgan fingerprint density at radius 2 is 1.81 bits per heavy atom. The van der Waals surface area contributed by atoms with Gasteiger partial charge in [0.15, 0.2) is 17.3 Å². The second-order valence-corrected chi connectivity index (χ2v) is 4.85. The lowest BCUT2D eigenvalue weighted by Crippen LogP contribution is -2.06. The Kier molecular flexibility index (Phi) is 4.81. The fourth-order valence-corrected chi connectivity index (χ4v) is 2.16.